The highest BCUT2D eigenvalue weighted by atomic mass is 16.6. The Labute approximate surface area is 140 Å². The van der Waals surface area contributed by atoms with Gasteiger partial charge in [0.25, 0.3) is 0 Å². The van der Waals surface area contributed by atoms with Crippen molar-refractivity contribution in [2.75, 3.05) is 25.1 Å². The Kier molecular flexibility index (Phi) is 4.51. The SMILES string of the molecule is COC(=O)c1cnc(N2CCCC3(CC=CCC3)C2)c([N+](=O)[O-])c1. The molecule has 1 aromatic rings. The summed E-state index contributed by atoms with van der Waals surface area (Å²) in [4.78, 5) is 28.8. The molecule has 0 aromatic carbocycles. The standard InChI is InChI=1S/C17H21N3O4/c1-24-16(21)13-10-14(20(22)23)15(18-11-13)19-9-5-8-17(12-19)6-3-2-4-7-17/h2-3,10-11H,4-9,12H2,1H3. The molecule has 1 unspecified atom stereocenters. The van der Waals surface area contributed by atoms with Crippen LogP contribution in [0.25, 0.3) is 0 Å². The van der Waals surface area contributed by atoms with Crippen LogP contribution in [0.5, 0.6) is 0 Å². The lowest BCUT2D eigenvalue weighted by Crippen LogP contribution is -2.44. The first kappa shape index (κ1) is 16.4. The average Bonchev–Trinajstić information content (AvgIpc) is 2.61. The predicted octanol–water partition coefficient (Wildman–Crippen LogP) is 3.10. The van der Waals surface area contributed by atoms with E-state index in [4.69, 9.17) is 0 Å². The van der Waals surface area contributed by atoms with E-state index in [1.807, 2.05) is 4.90 Å². The molecule has 1 fully saturated rings. The van der Waals surface area contributed by atoms with Gasteiger partial charge in [0.1, 0.15) is 0 Å². The molecular weight excluding hydrogens is 310 g/mol. The lowest BCUT2D eigenvalue weighted by Gasteiger charge is -2.44. The Morgan fingerprint density at radius 3 is 2.92 bits per heavy atom. The summed E-state index contributed by atoms with van der Waals surface area (Å²) in [6.07, 6.45) is 11.1. The van der Waals surface area contributed by atoms with Crippen LogP contribution in [0.2, 0.25) is 0 Å². The normalized spacial score (nSPS) is 23.3. The second kappa shape index (κ2) is 6.59. The van der Waals surface area contributed by atoms with E-state index >= 15 is 0 Å². The van der Waals surface area contributed by atoms with E-state index in [0.29, 0.717) is 5.82 Å². The Morgan fingerprint density at radius 2 is 2.25 bits per heavy atom. The summed E-state index contributed by atoms with van der Waals surface area (Å²) in [5.41, 5.74) is 0.144. The number of hydrogen-bond acceptors (Lipinski definition) is 6. The number of ether oxygens (including phenoxy) is 1. The Hall–Kier alpha value is -2.44. The third kappa shape index (κ3) is 3.11. The highest BCUT2D eigenvalue weighted by molar-refractivity contribution is 5.90. The molecule has 3 rings (SSSR count). The molecule has 1 saturated heterocycles. The van der Waals surface area contributed by atoms with Crippen LogP contribution in [-0.2, 0) is 4.74 Å². The van der Waals surface area contributed by atoms with Crippen molar-refractivity contribution in [2.24, 2.45) is 5.41 Å². The topological polar surface area (TPSA) is 85.6 Å². The first-order valence-electron chi connectivity index (χ1n) is 8.17. The van der Waals surface area contributed by atoms with Gasteiger partial charge in [-0.15, -0.1) is 0 Å². The highest BCUT2D eigenvalue weighted by Gasteiger charge is 2.37. The Balaban J connectivity index is 1.91. The van der Waals surface area contributed by atoms with E-state index in [-0.39, 0.29) is 16.7 Å². The van der Waals surface area contributed by atoms with Crippen LogP contribution in [0, 0.1) is 15.5 Å². The molecule has 0 saturated carbocycles. The fourth-order valence-electron chi connectivity index (χ4n) is 3.76. The molecular formula is C17H21N3O4. The maximum Gasteiger partial charge on any atom is 0.339 e. The first-order valence-corrected chi connectivity index (χ1v) is 8.17. The summed E-state index contributed by atoms with van der Waals surface area (Å²) in [5, 5.41) is 11.5. The van der Waals surface area contributed by atoms with Gasteiger partial charge in [0.15, 0.2) is 0 Å². The van der Waals surface area contributed by atoms with E-state index in [1.165, 1.54) is 19.4 Å². The van der Waals surface area contributed by atoms with Crippen LogP contribution in [0.4, 0.5) is 11.5 Å². The summed E-state index contributed by atoms with van der Waals surface area (Å²) in [6.45, 7) is 1.51. The number of methoxy groups -OCH3 is 1. The minimum Gasteiger partial charge on any atom is -0.465 e. The van der Waals surface area contributed by atoms with E-state index in [9.17, 15) is 14.9 Å². The fourth-order valence-corrected chi connectivity index (χ4v) is 3.76. The van der Waals surface area contributed by atoms with Crippen LogP contribution < -0.4 is 4.90 Å². The first-order chi connectivity index (χ1) is 11.5. The smallest absolute Gasteiger partial charge is 0.339 e. The molecule has 2 aliphatic rings. The molecule has 7 heteroatoms. The van der Waals surface area contributed by atoms with Gasteiger partial charge in [-0.2, -0.15) is 0 Å². The third-order valence-electron chi connectivity index (χ3n) is 4.98. The molecule has 1 aliphatic carbocycles. The lowest BCUT2D eigenvalue weighted by atomic mass is 9.71. The molecule has 7 nitrogen and oxygen atoms in total. The molecule has 128 valence electrons. The van der Waals surface area contributed by atoms with Gasteiger partial charge < -0.3 is 9.64 Å². The molecule has 24 heavy (non-hydrogen) atoms. The second-order valence-corrected chi connectivity index (χ2v) is 6.55. The van der Waals surface area contributed by atoms with Crippen molar-refractivity contribution in [3.8, 4) is 0 Å². The van der Waals surface area contributed by atoms with Crippen molar-refractivity contribution in [2.45, 2.75) is 32.1 Å². The summed E-state index contributed by atoms with van der Waals surface area (Å²) in [6, 6.07) is 1.26. The van der Waals surface area contributed by atoms with E-state index in [1.54, 1.807) is 0 Å². The zero-order chi connectivity index (χ0) is 17.2. The number of piperidine rings is 1. The van der Waals surface area contributed by atoms with E-state index in [0.717, 1.165) is 45.2 Å². The highest BCUT2D eigenvalue weighted by Crippen LogP contribution is 2.42. The van der Waals surface area contributed by atoms with Crippen molar-refractivity contribution in [3.05, 3.63) is 40.1 Å². The van der Waals surface area contributed by atoms with Crippen molar-refractivity contribution in [1.82, 2.24) is 4.98 Å². The van der Waals surface area contributed by atoms with Crippen molar-refractivity contribution < 1.29 is 14.5 Å². The number of aromatic nitrogens is 1. The van der Waals surface area contributed by atoms with Crippen LogP contribution in [0.3, 0.4) is 0 Å². The maximum atomic E-state index is 11.6. The number of pyridine rings is 1. The number of carbonyl (C=O) groups is 1. The zero-order valence-corrected chi connectivity index (χ0v) is 13.7. The van der Waals surface area contributed by atoms with Gasteiger partial charge in [-0.1, -0.05) is 12.2 Å². The van der Waals surface area contributed by atoms with Crippen LogP contribution in [0.1, 0.15) is 42.5 Å². The Bertz CT molecular complexity index is 688. The van der Waals surface area contributed by atoms with Crippen molar-refractivity contribution in [1.29, 1.82) is 0 Å². The van der Waals surface area contributed by atoms with Gasteiger partial charge in [-0.25, -0.2) is 9.78 Å². The number of hydrogen-bond donors (Lipinski definition) is 0. The minimum atomic E-state index is -0.621. The van der Waals surface area contributed by atoms with E-state index in [2.05, 4.69) is 21.9 Å². The quantitative estimate of drug-likeness (QED) is 0.366. The van der Waals surface area contributed by atoms with Gasteiger partial charge >= 0.3 is 11.7 Å². The number of carbonyl (C=O) groups excluding carboxylic acids is 1. The van der Waals surface area contributed by atoms with Gasteiger partial charge in [0, 0.05) is 25.4 Å². The average molecular weight is 331 g/mol. The molecule has 0 bridgehead atoms. The fraction of sp³-hybridized carbons (Fsp3) is 0.529. The second-order valence-electron chi connectivity index (χ2n) is 6.55. The summed E-state index contributed by atoms with van der Waals surface area (Å²) in [7, 11) is 1.24. The zero-order valence-electron chi connectivity index (χ0n) is 13.7. The third-order valence-corrected chi connectivity index (χ3v) is 4.98. The summed E-state index contributed by atoms with van der Waals surface area (Å²) >= 11 is 0. The summed E-state index contributed by atoms with van der Waals surface area (Å²) in [5.74, 6) is -0.272. The summed E-state index contributed by atoms with van der Waals surface area (Å²) < 4.78 is 4.62. The number of rotatable bonds is 3. The number of allylic oxidation sites excluding steroid dienone is 2. The van der Waals surface area contributed by atoms with Crippen LogP contribution in [0.15, 0.2) is 24.4 Å². The molecule has 1 aliphatic heterocycles. The van der Waals surface area contributed by atoms with Gasteiger partial charge in [-0.3, -0.25) is 10.1 Å². The molecule has 1 aromatic heterocycles. The molecule has 2 heterocycles. The van der Waals surface area contributed by atoms with Crippen molar-refractivity contribution in [3.63, 3.8) is 0 Å². The minimum absolute atomic E-state index is 0.0975. The lowest BCUT2D eigenvalue weighted by molar-refractivity contribution is -0.384. The molecule has 1 spiro atoms. The Morgan fingerprint density at radius 1 is 1.42 bits per heavy atom. The van der Waals surface area contributed by atoms with Gasteiger partial charge in [0.05, 0.1) is 17.6 Å². The van der Waals surface area contributed by atoms with E-state index < -0.39 is 10.9 Å². The van der Waals surface area contributed by atoms with Crippen LogP contribution >= 0.6 is 0 Å². The largest absolute Gasteiger partial charge is 0.465 e. The number of anilines is 1. The molecule has 1 atom stereocenters. The molecule has 0 amide bonds. The molecule has 0 radical (unpaired) electrons. The molecule has 0 N–H and O–H groups in total. The monoisotopic (exact) mass is 331 g/mol. The van der Waals surface area contributed by atoms with Gasteiger partial charge in [-0.05, 0) is 37.5 Å². The number of nitrogens with zero attached hydrogens (tertiary/aromatic N) is 3. The predicted molar refractivity (Wildman–Crippen MR) is 89.1 cm³/mol. The maximum absolute atomic E-state index is 11.6. The van der Waals surface area contributed by atoms with Crippen molar-refractivity contribution >= 4 is 17.5 Å². The number of esters is 1. The van der Waals surface area contributed by atoms with Gasteiger partial charge in [0.2, 0.25) is 5.82 Å². The number of nitro groups is 1. The van der Waals surface area contributed by atoms with Crippen LogP contribution in [-0.4, -0.2) is 36.1 Å².